The molecular formula is C31H28F2N4O3S2. The molecule has 1 unspecified atom stereocenters. The number of anilines is 1. The average Bonchev–Trinajstić information content (AvgIpc) is 3.51. The van der Waals surface area contributed by atoms with E-state index in [9.17, 15) is 22.3 Å². The first kappa shape index (κ1) is 29.5. The SMILES string of the molecule is O=S(=O)(Nc1ccc(CCNCC(O)c2cccnc2)cc1)c1ccc(-c2nc(-c3ccc(C(F)F)cc3)cs2)cc1. The van der Waals surface area contributed by atoms with Crippen molar-refractivity contribution in [3.8, 4) is 21.8 Å². The van der Waals surface area contributed by atoms with E-state index in [4.69, 9.17) is 0 Å². The largest absolute Gasteiger partial charge is 0.387 e. The van der Waals surface area contributed by atoms with E-state index in [1.807, 2.05) is 23.6 Å². The third-order valence-corrected chi connectivity index (χ3v) is 8.87. The van der Waals surface area contributed by atoms with E-state index in [0.29, 0.717) is 35.9 Å². The van der Waals surface area contributed by atoms with Crippen LogP contribution in [0.25, 0.3) is 21.8 Å². The lowest BCUT2D eigenvalue weighted by Crippen LogP contribution is -2.23. The van der Waals surface area contributed by atoms with Gasteiger partial charge in [0.15, 0.2) is 0 Å². The Morgan fingerprint density at radius 2 is 1.60 bits per heavy atom. The van der Waals surface area contributed by atoms with Crippen LogP contribution in [0, 0.1) is 0 Å². The maximum absolute atomic E-state index is 13.0. The second-order valence-corrected chi connectivity index (χ2v) is 12.1. The molecular weight excluding hydrogens is 578 g/mol. The summed E-state index contributed by atoms with van der Waals surface area (Å²) in [5.74, 6) is 0. The first-order valence-corrected chi connectivity index (χ1v) is 15.5. The Balaban J connectivity index is 1.14. The zero-order chi connectivity index (χ0) is 29.5. The van der Waals surface area contributed by atoms with Crippen molar-refractivity contribution in [3.05, 3.63) is 119 Å². The molecule has 42 heavy (non-hydrogen) atoms. The van der Waals surface area contributed by atoms with E-state index in [1.165, 1.54) is 35.6 Å². The van der Waals surface area contributed by atoms with E-state index in [0.717, 1.165) is 22.3 Å². The summed E-state index contributed by atoms with van der Waals surface area (Å²) in [6, 6.07) is 23.2. The second-order valence-electron chi connectivity index (χ2n) is 9.54. The van der Waals surface area contributed by atoms with Crippen LogP contribution in [0.5, 0.6) is 0 Å². The Morgan fingerprint density at radius 1 is 0.881 bits per heavy atom. The van der Waals surface area contributed by atoms with Gasteiger partial charge in [0.05, 0.1) is 16.7 Å². The lowest BCUT2D eigenvalue weighted by molar-refractivity contribution is 0.151. The van der Waals surface area contributed by atoms with Crippen molar-refractivity contribution < 1.29 is 22.3 Å². The molecule has 3 N–H and O–H groups in total. The van der Waals surface area contributed by atoms with Crippen LogP contribution in [-0.4, -0.2) is 36.6 Å². The first-order valence-electron chi connectivity index (χ1n) is 13.1. The molecule has 0 amide bonds. The van der Waals surface area contributed by atoms with Gasteiger partial charge in [-0.3, -0.25) is 9.71 Å². The van der Waals surface area contributed by atoms with Gasteiger partial charge < -0.3 is 10.4 Å². The van der Waals surface area contributed by atoms with E-state index in [1.54, 1.807) is 54.9 Å². The Kier molecular flexibility index (Phi) is 9.33. The van der Waals surface area contributed by atoms with E-state index < -0.39 is 22.6 Å². The lowest BCUT2D eigenvalue weighted by atomic mass is 10.1. The number of hydrogen-bond donors (Lipinski definition) is 3. The Hall–Kier alpha value is -4.03. The molecule has 5 aromatic rings. The highest BCUT2D eigenvalue weighted by atomic mass is 32.2. The third-order valence-electron chi connectivity index (χ3n) is 6.58. The smallest absolute Gasteiger partial charge is 0.263 e. The number of pyridine rings is 1. The number of alkyl halides is 2. The fourth-order valence-electron chi connectivity index (χ4n) is 4.23. The van der Waals surface area contributed by atoms with Crippen molar-refractivity contribution in [2.24, 2.45) is 0 Å². The standard InChI is InChI=1S/C31H28F2N4O3S2/c32-30(33)23-7-5-22(6-8-23)28-20-41-31(36-28)24-9-13-27(14-10-24)42(39,40)37-26-11-3-21(4-12-26)15-17-35-19-29(38)25-2-1-16-34-18-25/h1-14,16,18,20,29-30,35,37-38H,15,17,19H2. The second kappa shape index (κ2) is 13.3. The molecule has 0 radical (unpaired) electrons. The highest BCUT2D eigenvalue weighted by Crippen LogP contribution is 2.31. The molecule has 0 aliphatic heterocycles. The lowest BCUT2D eigenvalue weighted by Gasteiger charge is -2.12. The van der Waals surface area contributed by atoms with Crippen molar-refractivity contribution in [2.75, 3.05) is 17.8 Å². The van der Waals surface area contributed by atoms with E-state index >= 15 is 0 Å². The van der Waals surface area contributed by atoms with Crippen LogP contribution in [0.15, 0.2) is 108 Å². The summed E-state index contributed by atoms with van der Waals surface area (Å²) in [5, 5.41) is 16.0. The number of benzene rings is 3. The quantitative estimate of drug-likeness (QED) is 0.141. The molecule has 216 valence electrons. The van der Waals surface area contributed by atoms with Gasteiger partial charge in [-0.1, -0.05) is 54.6 Å². The molecule has 7 nitrogen and oxygen atoms in total. The molecule has 1 atom stereocenters. The molecule has 0 saturated heterocycles. The minimum atomic E-state index is -3.80. The minimum Gasteiger partial charge on any atom is -0.387 e. The van der Waals surface area contributed by atoms with Gasteiger partial charge in [0.2, 0.25) is 0 Å². The predicted molar refractivity (Wildman–Crippen MR) is 161 cm³/mol. The molecule has 0 fully saturated rings. The molecule has 11 heteroatoms. The van der Waals surface area contributed by atoms with Crippen LogP contribution in [0.3, 0.4) is 0 Å². The van der Waals surface area contributed by atoms with Crippen molar-refractivity contribution in [2.45, 2.75) is 23.8 Å². The normalized spacial score (nSPS) is 12.4. The number of nitrogens with one attached hydrogen (secondary N) is 2. The van der Waals surface area contributed by atoms with Gasteiger partial charge in [0.1, 0.15) is 5.01 Å². The van der Waals surface area contributed by atoms with Crippen molar-refractivity contribution in [1.29, 1.82) is 0 Å². The fourth-order valence-corrected chi connectivity index (χ4v) is 6.12. The molecule has 2 heterocycles. The number of thiazole rings is 1. The minimum absolute atomic E-state index is 0.0437. The summed E-state index contributed by atoms with van der Waals surface area (Å²) in [5.41, 5.74) is 4.33. The van der Waals surface area contributed by atoms with Crippen LogP contribution in [0.4, 0.5) is 14.5 Å². The van der Waals surface area contributed by atoms with Crippen LogP contribution >= 0.6 is 11.3 Å². The number of aliphatic hydroxyl groups is 1. The Bertz CT molecular complexity index is 1700. The van der Waals surface area contributed by atoms with Crippen LogP contribution < -0.4 is 10.0 Å². The molecule has 3 aromatic carbocycles. The van der Waals surface area contributed by atoms with Gasteiger partial charge in [-0.15, -0.1) is 11.3 Å². The summed E-state index contributed by atoms with van der Waals surface area (Å²) >= 11 is 1.39. The Morgan fingerprint density at radius 3 is 2.26 bits per heavy atom. The number of aliphatic hydroxyl groups excluding tert-OH is 1. The summed E-state index contributed by atoms with van der Waals surface area (Å²) in [7, 11) is -3.80. The van der Waals surface area contributed by atoms with E-state index in [2.05, 4.69) is 20.0 Å². The summed E-state index contributed by atoms with van der Waals surface area (Å²) < 4.78 is 54.2. The van der Waals surface area contributed by atoms with Crippen LogP contribution in [0.2, 0.25) is 0 Å². The predicted octanol–water partition coefficient (Wildman–Crippen LogP) is 6.48. The van der Waals surface area contributed by atoms with Gasteiger partial charge in [-0.2, -0.15) is 0 Å². The van der Waals surface area contributed by atoms with Gasteiger partial charge in [0.25, 0.3) is 16.4 Å². The van der Waals surface area contributed by atoms with Gasteiger partial charge in [-0.05, 0) is 48.9 Å². The van der Waals surface area contributed by atoms with Crippen molar-refractivity contribution in [1.82, 2.24) is 15.3 Å². The van der Waals surface area contributed by atoms with Gasteiger partial charge in [-0.25, -0.2) is 22.2 Å². The van der Waals surface area contributed by atoms with Crippen molar-refractivity contribution in [3.63, 3.8) is 0 Å². The summed E-state index contributed by atoms with van der Waals surface area (Å²) in [6.45, 7) is 1.06. The number of aromatic nitrogens is 2. The Labute approximate surface area is 247 Å². The molecule has 0 spiro atoms. The highest BCUT2D eigenvalue weighted by molar-refractivity contribution is 7.92. The highest BCUT2D eigenvalue weighted by Gasteiger charge is 2.16. The topological polar surface area (TPSA) is 104 Å². The van der Waals surface area contributed by atoms with Crippen LogP contribution in [0.1, 0.15) is 29.2 Å². The zero-order valence-corrected chi connectivity index (χ0v) is 24.0. The number of sulfonamides is 1. The first-order chi connectivity index (χ1) is 20.3. The maximum Gasteiger partial charge on any atom is 0.263 e. The monoisotopic (exact) mass is 606 g/mol. The molecule has 0 saturated carbocycles. The number of halogens is 2. The molecule has 5 rings (SSSR count). The van der Waals surface area contributed by atoms with Gasteiger partial charge >= 0.3 is 0 Å². The number of nitrogens with zero attached hydrogens (tertiary/aromatic N) is 2. The molecule has 0 aliphatic rings. The third kappa shape index (κ3) is 7.42. The molecule has 0 bridgehead atoms. The molecule has 2 aromatic heterocycles. The number of hydrogen-bond acceptors (Lipinski definition) is 7. The summed E-state index contributed by atoms with van der Waals surface area (Å²) in [4.78, 5) is 8.72. The van der Waals surface area contributed by atoms with Gasteiger partial charge in [0, 0.05) is 52.3 Å². The van der Waals surface area contributed by atoms with Crippen LogP contribution in [-0.2, 0) is 16.4 Å². The van der Waals surface area contributed by atoms with Crippen molar-refractivity contribution >= 4 is 27.0 Å². The molecule has 0 aliphatic carbocycles. The van der Waals surface area contributed by atoms with E-state index in [-0.39, 0.29) is 10.5 Å². The average molecular weight is 607 g/mol. The zero-order valence-electron chi connectivity index (χ0n) is 22.3. The fraction of sp³-hybridized carbons (Fsp3) is 0.161. The maximum atomic E-state index is 13.0. The summed E-state index contributed by atoms with van der Waals surface area (Å²) in [6.07, 6.45) is 0.860. The number of rotatable bonds is 12.